The second kappa shape index (κ2) is 3.11. The van der Waals surface area contributed by atoms with Crippen molar-refractivity contribution in [1.82, 2.24) is 4.90 Å². The van der Waals surface area contributed by atoms with Crippen LogP contribution in [0.15, 0.2) is 0 Å². The fraction of sp³-hybridized carbons (Fsp3) is 1.00. The first kappa shape index (κ1) is 8.82. The van der Waals surface area contributed by atoms with E-state index >= 15 is 0 Å². The maximum atomic E-state index is 11.7. The molecule has 0 bridgehead atoms. The maximum absolute atomic E-state index is 11.7. The van der Waals surface area contributed by atoms with Gasteiger partial charge in [-0.15, -0.1) is 0 Å². The van der Waals surface area contributed by atoms with Crippen molar-refractivity contribution in [1.29, 1.82) is 0 Å². The molecule has 1 fully saturated rings. The molecule has 0 radical (unpaired) electrons. The summed E-state index contributed by atoms with van der Waals surface area (Å²) in [5.41, 5.74) is 0. The molecule has 1 aliphatic rings. The fourth-order valence-electron chi connectivity index (χ4n) is 0.743. The third-order valence-corrected chi connectivity index (χ3v) is 1.00. The lowest BCUT2D eigenvalue weighted by atomic mass is 10.2. The summed E-state index contributed by atoms with van der Waals surface area (Å²) in [6.07, 6.45) is 0. The van der Waals surface area contributed by atoms with E-state index < -0.39 is 5.92 Å². The minimum absolute atomic E-state index is 0.0625. The van der Waals surface area contributed by atoms with Crippen LogP contribution in [0.3, 0.4) is 0 Å². The molecule has 56 valence electrons. The Hall–Kier alpha value is -0.180. The Kier molecular flexibility index (Phi) is 3.04. The zero-order valence-corrected chi connectivity index (χ0v) is 6.12. The van der Waals surface area contributed by atoms with Crippen LogP contribution in [-0.2, 0) is 0 Å². The monoisotopic (exact) mass is 137 g/mol. The van der Waals surface area contributed by atoms with E-state index in [1.807, 2.05) is 13.8 Å². The standard InChI is InChI=1S/C4H7F2N.C2H6/c1-7-2-4(5,6)3-7;1-2/h2-3H2,1H3;1-2H3. The fourth-order valence-corrected chi connectivity index (χ4v) is 0.743. The van der Waals surface area contributed by atoms with Crippen LogP contribution in [0.25, 0.3) is 0 Å². The molecule has 1 aliphatic heterocycles. The first-order valence-corrected chi connectivity index (χ1v) is 3.16. The molecule has 1 heterocycles. The van der Waals surface area contributed by atoms with E-state index in [2.05, 4.69) is 0 Å². The van der Waals surface area contributed by atoms with Gasteiger partial charge in [0, 0.05) is 0 Å². The molecule has 0 saturated carbocycles. The number of likely N-dealkylation sites (tertiary alicyclic amines) is 1. The van der Waals surface area contributed by atoms with Gasteiger partial charge in [0.25, 0.3) is 5.92 Å². The molecule has 0 spiro atoms. The Bertz CT molecular complexity index is 75.1. The number of rotatable bonds is 0. The zero-order valence-electron chi connectivity index (χ0n) is 6.12. The van der Waals surface area contributed by atoms with Gasteiger partial charge in [0.05, 0.1) is 13.1 Å². The van der Waals surface area contributed by atoms with Gasteiger partial charge in [0.1, 0.15) is 0 Å². The Labute approximate surface area is 54.7 Å². The molecule has 0 unspecified atom stereocenters. The number of nitrogens with zero attached hydrogens (tertiary/aromatic N) is 1. The smallest absolute Gasteiger partial charge is 0.272 e. The van der Waals surface area contributed by atoms with E-state index in [9.17, 15) is 8.78 Å². The molecule has 1 rings (SSSR count). The van der Waals surface area contributed by atoms with Crippen molar-refractivity contribution < 1.29 is 8.78 Å². The van der Waals surface area contributed by atoms with Crippen LogP contribution in [0, 0.1) is 0 Å². The summed E-state index contributed by atoms with van der Waals surface area (Å²) in [4.78, 5) is 1.58. The summed E-state index contributed by atoms with van der Waals surface area (Å²) in [7, 11) is 1.68. The molecule has 0 aromatic carbocycles. The largest absolute Gasteiger partial charge is 0.295 e. The number of alkyl halides is 2. The Balaban J connectivity index is 0.000000291. The van der Waals surface area contributed by atoms with Crippen LogP contribution < -0.4 is 0 Å². The van der Waals surface area contributed by atoms with Gasteiger partial charge >= 0.3 is 0 Å². The molecule has 0 atom stereocenters. The van der Waals surface area contributed by atoms with Crippen LogP contribution in [0.1, 0.15) is 13.8 Å². The van der Waals surface area contributed by atoms with Gasteiger partial charge in [-0.05, 0) is 7.05 Å². The van der Waals surface area contributed by atoms with Crippen LogP contribution in [0.2, 0.25) is 0 Å². The summed E-state index contributed by atoms with van der Waals surface area (Å²) >= 11 is 0. The highest BCUT2D eigenvalue weighted by Gasteiger charge is 2.41. The third kappa shape index (κ3) is 2.75. The predicted molar refractivity (Wildman–Crippen MR) is 33.8 cm³/mol. The molecule has 0 amide bonds. The molecule has 1 saturated heterocycles. The molecular weight excluding hydrogens is 124 g/mol. The minimum atomic E-state index is -2.38. The van der Waals surface area contributed by atoms with Crippen molar-refractivity contribution in [2.75, 3.05) is 20.1 Å². The van der Waals surface area contributed by atoms with Crippen LogP contribution >= 0.6 is 0 Å². The molecule has 9 heavy (non-hydrogen) atoms. The first-order chi connectivity index (χ1) is 4.10. The van der Waals surface area contributed by atoms with Crippen LogP contribution in [0.4, 0.5) is 8.78 Å². The predicted octanol–water partition coefficient (Wildman–Crippen LogP) is 1.59. The summed E-state index contributed by atoms with van der Waals surface area (Å²) in [5, 5.41) is 0. The third-order valence-electron chi connectivity index (χ3n) is 1.00. The van der Waals surface area contributed by atoms with E-state index in [4.69, 9.17) is 0 Å². The van der Waals surface area contributed by atoms with Gasteiger partial charge in [-0.2, -0.15) is 0 Å². The number of hydrogen-bond acceptors (Lipinski definition) is 1. The molecule has 0 aromatic heterocycles. The average Bonchev–Trinajstić information content (AvgIpc) is 1.67. The minimum Gasteiger partial charge on any atom is -0.295 e. The van der Waals surface area contributed by atoms with Crippen LogP contribution in [-0.4, -0.2) is 31.0 Å². The normalized spacial score (nSPS) is 23.7. The highest BCUT2D eigenvalue weighted by atomic mass is 19.3. The molecule has 0 aliphatic carbocycles. The first-order valence-electron chi connectivity index (χ1n) is 3.16. The van der Waals surface area contributed by atoms with Crippen molar-refractivity contribution >= 4 is 0 Å². The second-order valence-corrected chi connectivity index (χ2v) is 2.03. The van der Waals surface area contributed by atoms with Crippen molar-refractivity contribution in [3.8, 4) is 0 Å². The summed E-state index contributed by atoms with van der Waals surface area (Å²) in [5.74, 6) is -2.38. The van der Waals surface area contributed by atoms with E-state index in [0.29, 0.717) is 0 Å². The molecular formula is C6H13F2N. The molecule has 1 nitrogen and oxygen atoms in total. The number of hydrogen-bond donors (Lipinski definition) is 0. The van der Waals surface area contributed by atoms with Gasteiger partial charge in [0.2, 0.25) is 0 Å². The van der Waals surface area contributed by atoms with Crippen molar-refractivity contribution in [2.45, 2.75) is 19.8 Å². The van der Waals surface area contributed by atoms with Gasteiger partial charge in [-0.1, -0.05) is 13.8 Å². The lowest BCUT2D eigenvalue weighted by Gasteiger charge is -2.35. The lowest BCUT2D eigenvalue weighted by molar-refractivity contribution is -0.119. The van der Waals surface area contributed by atoms with Crippen LogP contribution in [0.5, 0.6) is 0 Å². The lowest BCUT2D eigenvalue weighted by Crippen LogP contribution is -2.53. The quantitative estimate of drug-likeness (QED) is 0.490. The van der Waals surface area contributed by atoms with E-state index in [-0.39, 0.29) is 13.1 Å². The van der Waals surface area contributed by atoms with Gasteiger partial charge in [-0.3, -0.25) is 4.90 Å². The zero-order chi connectivity index (χ0) is 7.49. The highest BCUT2D eigenvalue weighted by Crippen LogP contribution is 2.23. The Morgan fingerprint density at radius 2 is 1.56 bits per heavy atom. The molecule has 0 N–H and O–H groups in total. The van der Waals surface area contributed by atoms with Gasteiger partial charge < -0.3 is 0 Å². The SMILES string of the molecule is CC.CN1CC(F)(F)C1. The summed E-state index contributed by atoms with van der Waals surface area (Å²) < 4.78 is 23.5. The van der Waals surface area contributed by atoms with E-state index in [0.717, 1.165) is 0 Å². The van der Waals surface area contributed by atoms with Gasteiger partial charge in [0.15, 0.2) is 0 Å². The summed E-state index contributed by atoms with van der Waals surface area (Å²) in [6.45, 7) is 3.88. The number of halogens is 2. The molecule has 0 aromatic rings. The maximum Gasteiger partial charge on any atom is 0.272 e. The van der Waals surface area contributed by atoms with E-state index in [1.165, 1.54) is 0 Å². The van der Waals surface area contributed by atoms with Crippen molar-refractivity contribution in [3.63, 3.8) is 0 Å². The van der Waals surface area contributed by atoms with Crippen molar-refractivity contribution in [3.05, 3.63) is 0 Å². The summed E-state index contributed by atoms with van der Waals surface area (Å²) in [6, 6.07) is 0. The van der Waals surface area contributed by atoms with Crippen molar-refractivity contribution in [2.24, 2.45) is 0 Å². The van der Waals surface area contributed by atoms with Gasteiger partial charge in [-0.25, -0.2) is 8.78 Å². The highest BCUT2D eigenvalue weighted by molar-refractivity contribution is 4.83. The molecule has 3 heteroatoms. The second-order valence-electron chi connectivity index (χ2n) is 2.03. The Morgan fingerprint density at radius 1 is 1.22 bits per heavy atom. The average molecular weight is 137 g/mol. The topological polar surface area (TPSA) is 3.24 Å². The van der Waals surface area contributed by atoms with E-state index in [1.54, 1.807) is 11.9 Å². The Morgan fingerprint density at radius 3 is 1.56 bits per heavy atom.